The monoisotopic (exact) mass is 479 g/mol. The smallest absolute Gasteiger partial charge is 0.251 e. The third-order valence-corrected chi connectivity index (χ3v) is 6.49. The second kappa shape index (κ2) is 8.16. The maximum absolute atomic E-state index is 12.4. The van der Waals surface area contributed by atoms with Gasteiger partial charge in [0.15, 0.2) is 0 Å². The molecule has 2 amide bonds. The second-order valence-corrected chi connectivity index (χ2v) is 9.92. The molecule has 154 valence electrons. The van der Waals surface area contributed by atoms with Gasteiger partial charge in [0.05, 0.1) is 18.5 Å². The maximum Gasteiger partial charge on any atom is 0.251 e. The number of rotatable bonds is 5. The van der Waals surface area contributed by atoms with Crippen LogP contribution in [0, 0.1) is 6.92 Å². The predicted molar refractivity (Wildman–Crippen MR) is 117 cm³/mol. The average molecular weight is 480 g/mol. The molecule has 2 N–H and O–H groups in total. The molecule has 0 spiro atoms. The molecule has 2 aromatic rings. The molecule has 2 aromatic carbocycles. The SMILES string of the molecule is Cc1cc(Br)ccc1NC(=O)CNC(=O)c1ccc2c(c1)CC(C)N2S(C)(=O)=O. The Bertz CT molecular complexity index is 1090. The molecule has 9 heteroatoms. The molecule has 0 saturated heterocycles. The quantitative estimate of drug-likeness (QED) is 0.688. The van der Waals surface area contributed by atoms with E-state index in [4.69, 9.17) is 0 Å². The largest absolute Gasteiger partial charge is 0.343 e. The minimum absolute atomic E-state index is 0.169. The maximum atomic E-state index is 12.4. The first-order valence-electron chi connectivity index (χ1n) is 9.03. The van der Waals surface area contributed by atoms with Crippen LogP contribution in [0.25, 0.3) is 0 Å². The van der Waals surface area contributed by atoms with Gasteiger partial charge in [-0.05, 0) is 67.8 Å². The van der Waals surface area contributed by atoms with Crippen LogP contribution in [0.4, 0.5) is 11.4 Å². The van der Waals surface area contributed by atoms with Gasteiger partial charge in [-0.25, -0.2) is 8.42 Å². The number of benzene rings is 2. The summed E-state index contributed by atoms with van der Waals surface area (Å²) < 4.78 is 26.3. The Kier molecular flexibility index (Phi) is 6.00. The number of nitrogens with zero attached hydrogens (tertiary/aromatic N) is 1. The average Bonchev–Trinajstić information content (AvgIpc) is 2.97. The van der Waals surface area contributed by atoms with Gasteiger partial charge in [0, 0.05) is 21.8 Å². The van der Waals surface area contributed by atoms with E-state index in [9.17, 15) is 18.0 Å². The molecule has 1 aliphatic heterocycles. The van der Waals surface area contributed by atoms with Gasteiger partial charge in [0.25, 0.3) is 5.91 Å². The van der Waals surface area contributed by atoms with Crippen molar-refractivity contribution in [3.8, 4) is 0 Å². The summed E-state index contributed by atoms with van der Waals surface area (Å²) in [4.78, 5) is 24.6. The Morgan fingerprint density at radius 3 is 2.59 bits per heavy atom. The molecule has 0 aliphatic carbocycles. The highest BCUT2D eigenvalue weighted by molar-refractivity contribution is 9.10. The highest BCUT2D eigenvalue weighted by atomic mass is 79.9. The first kappa shape index (κ1) is 21.3. The number of anilines is 2. The van der Waals surface area contributed by atoms with Crippen LogP contribution in [0.2, 0.25) is 0 Å². The molecular formula is C20H22BrN3O4S. The van der Waals surface area contributed by atoms with Crippen LogP contribution in [0.5, 0.6) is 0 Å². The van der Waals surface area contributed by atoms with E-state index in [1.807, 2.05) is 26.0 Å². The molecule has 0 aromatic heterocycles. The number of fused-ring (bicyclic) bond motifs is 1. The fourth-order valence-electron chi connectivity index (χ4n) is 3.47. The van der Waals surface area contributed by atoms with Gasteiger partial charge in [0.2, 0.25) is 15.9 Å². The van der Waals surface area contributed by atoms with Crippen molar-refractivity contribution in [2.75, 3.05) is 22.4 Å². The lowest BCUT2D eigenvalue weighted by Gasteiger charge is -2.21. The zero-order valence-corrected chi connectivity index (χ0v) is 18.7. The van der Waals surface area contributed by atoms with E-state index in [0.717, 1.165) is 15.6 Å². The van der Waals surface area contributed by atoms with Crippen LogP contribution in [-0.4, -0.2) is 39.1 Å². The van der Waals surface area contributed by atoms with Crippen molar-refractivity contribution >= 4 is 49.1 Å². The first-order chi connectivity index (χ1) is 13.6. The van der Waals surface area contributed by atoms with Crippen molar-refractivity contribution in [3.05, 3.63) is 57.6 Å². The Morgan fingerprint density at radius 1 is 1.21 bits per heavy atom. The molecule has 0 bridgehead atoms. The van der Waals surface area contributed by atoms with Gasteiger partial charge in [-0.3, -0.25) is 13.9 Å². The highest BCUT2D eigenvalue weighted by Crippen LogP contribution is 2.34. The van der Waals surface area contributed by atoms with Crippen LogP contribution < -0.4 is 14.9 Å². The molecule has 7 nitrogen and oxygen atoms in total. The zero-order valence-electron chi connectivity index (χ0n) is 16.3. The third kappa shape index (κ3) is 4.79. The number of hydrogen-bond donors (Lipinski definition) is 2. The van der Waals surface area contributed by atoms with E-state index in [0.29, 0.717) is 23.4 Å². The number of amides is 2. The summed E-state index contributed by atoms with van der Waals surface area (Å²) in [6.45, 7) is 3.54. The number of halogens is 1. The molecular weight excluding hydrogens is 458 g/mol. The number of aryl methyl sites for hydroxylation is 1. The summed E-state index contributed by atoms with van der Waals surface area (Å²) in [7, 11) is -3.38. The fourth-order valence-corrected chi connectivity index (χ4v) is 5.21. The van der Waals surface area contributed by atoms with Crippen LogP contribution in [0.3, 0.4) is 0 Å². The highest BCUT2D eigenvalue weighted by Gasteiger charge is 2.32. The van der Waals surface area contributed by atoms with Crippen molar-refractivity contribution < 1.29 is 18.0 Å². The molecule has 1 heterocycles. The van der Waals surface area contributed by atoms with Gasteiger partial charge >= 0.3 is 0 Å². The first-order valence-corrected chi connectivity index (χ1v) is 11.7. The molecule has 1 atom stereocenters. The Labute approximate surface area is 178 Å². The van der Waals surface area contributed by atoms with Crippen molar-refractivity contribution in [1.82, 2.24) is 5.32 Å². The molecule has 0 radical (unpaired) electrons. The van der Waals surface area contributed by atoms with Crippen molar-refractivity contribution in [2.45, 2.75) is 26.3 Å². The Balaban J connectivity index is 1.65. The third-order valence-electron chi connectivity index (χ3n) is 4.72. The second-order valence-electron chi connectivity index (χ2n) is 7.15. The molecule has 1 aliphatic rings. The minimum Gasteiger partial charge on any atom is -0.343 e. The Morgan fingerprint density at radius 2 is 1.93 bits per heavy atom. The zero-order chi connectivity index (χ0) is 21.3. The summed E-state index contributed by atoms with van der Waals surface area (Å²) in [5.41, 5.74) is 3.37. The summed E-state index contributed by atoms with van der Waals surface area (Å²) in [5, 5.41) is 5.37. The lowest BCUT2D eigenvalue weighted by molar-refractivity contribution is -0.115. The Hall–Kier alpha value is -2.39. The van der Waals surface area contributed by atoms with Crippen LogP contribution >= 0.6 is 15.9 Å². The number of hydrogen-bond acceptors (Lipinski definition) is 4. The van der Waals surface area contributed by atoms with Crippen LogP contribution in [0.15, 0.2) is 40.9 Å². The van der Waals surface area contributed by atoms with E-state index in [1.54, 1.807) is 24.3 Å². The molecule has 0 fully saturated rings. The lowest BCUT2D eigenvalue weighted by atomic mass is 10.1. The van der Waals surface area contributed by atoms with Crippen LogP contribution in [0.1, 0.15) is 28.4 Å². The summed E-state index contributed by atoms with van der Waals surface area (Å²) in [5.74, 6) is -0.720. The van der Waals surface area contributed by atoms with Gasteiger partial charge in [-0.1, -0.05) is 15.9 Å². The van der Waals surface area contributed by atoms with Gasteiger partial charge in [-0.2, -0.15) is 0 Å². The predicted octanol–water partition coefficient (Wildman–Crippen LogP) is 2.84. The summed E-state index contributed by atoms with van der Waals surface area (Å²) >= 11 is 3.37. The fraction of sp³-hybridized carbons (Fsp3) is 0.300. The molecule has 3 rings (SSSR count). The van der Waals surface area contributed by atoms with E-state index >= 15 is 0 Å². The lowest BCUT2D eigenvalue weighted by Crippen LogP contribution is -2.34. The number of sulfonamides is 1. The van der Waals surface area contributed by atoms with Crippen molar-refractivity contribution in [1.29, 1.82) is 0 Å². The minimum atomic E-state index is -3.38. The standard InChI is InChI=1S/C20H22BrN3O4S/c1-12-8-16(21)5-6-17(12)23-19(25)11-22-20(26)14-4-7-18-15(10-14)9-13(2)24(18)29(3,27)28/h4-8,10,13H,9,11H2,1-3H3,(H,22,26)(H,23,25). The summed E-state index contributed by atoms with van der Waals surface area (Å²) in [6.07, 6.45) is 1.71. The molecule has 0 saturated carbocycles. The van der Waals surface area contributed by atoms with E-state index < -0.39 is 10.0 Å². The number of carbonyl (C=O) groups is 2. The molecule has 1 unspecified atom stereocenters. The van der Waals surface area contributed by atoms with Gasteiger partial charge in [-0.15, -0.1) is 0 Å². The molecule has 29 heavy (non-hydrogen) atoms. The normalized spacial score (nSPS) is 15.7. The van der Waals surface area contributed by atoms with Gasteiger partial charge in [0.1, 0.15) is 0 Å². The van der Waals surface area contributed by atoms with Gasteiger partial charge < -0.3 is 10.6 Å². The van der Waals surface area contributed by atoms with E-state index in [1.165, 1.54) is 10.6 Å². The van der Waals surface area contributed by atoms with Crippen molar-refractivity contribution in [2.24, 2.45) is 0 Å². The summed E-state index contributed by atoms with van der Waals surface area (Å²) in [6, 6.07) is 10.2. The van der Waals surface area contributed by atoms with E-state index in [2.05, 4.69) is 26.6 Å². The van der Waals surface area contributed by atoms with Crippen LogP contribution in [-0.2, 0) is 21.2 Å². The number of nitrogens with one attached hydrogen (secondary N) is 2. The number of carbonyl (C=O) groups excluding carboxylic acids is 2. The van der Waals surface area contributed by atoms with Crippen molar-refractivity contribution in [3.63, 3.8) is 0 Å². The topological polar surface area (TPSA) is 95.6 Å². The van der Waals surface area contributed by atoms with E-state index in [-0.39, 0.29) is 24.4 Å².